The van der Waals surface area contributed by atoms with Gasteiger partial charge in [-0.1, -0.05) is 13.8 Å². The van der Waals surface area contributed by atoms with Crippen molar-refractivity contribution in [2.75, 3.05) is 32.8 Å². The third-order valence-corrected chi connectivity index (χ3v) is 4.91. The van der Waals surface area contributed by atoms with Crippen LogP contribution in [-0.4, -0.2) is 66.7 Å². The second-order valence-corrected chi connectivity index (χ2v) is 6.52. The molecule has 0 unspecified atom stereocenters. The monoisotopic (exact) mass is 370 g/mol. The van der Waals surface area contributed by atoms with Crippen LogP contribution in [0.4, 0.5) is 4.79 Å². The topological polar surface area (TPSA) is 76.2 Å². The minimum absolute atomic E-state index is 0.0275. The normalized spacial score (nSPS) is 15.0. The Hall–Kier alpha value is -1.79. The van der Waals surface area contributed by atoms with Gasteiger partial charge in [0.1, 0.15) is 0 Å². The molecular weight excluding hydrogens is 336 g/mol. The SMILES string of the molecule is CCOC(=O)CCN(C(=O)C(CC)CC)C1CCN(C(=O)OCC)CC1. The molecule has 0 saturated carbocycles. The van der Waals surface area contributed by atoms with E-state index >= 15 is 0 Å². The van der Waals surface area contributed by atoms with Crippen LogP contribution in [0.5, 0.6) is 0 Å². The van der Waals surface area contributed by atoms with Crippen LogP contribution in [0, 0.1) is 5.92 Å². The van der Waals surface area contributed by atoms with Gasteiger partial charge in [-0.15, -0.1) is 0 Å². The molecular formula is C19H34N2O5. The van der Waals surface area contributed by atoms with Gasteiger partial charge in [-0.3, -0.25) is 9.59 Å². The fourth-order valence-corrected chi connectivity index (χ4v) is 3.36. The number of ether oxygens (including phenoxy) is 2. The van der Waals surface area contributed by atoms with E-state index in [9.17, 15) is 14.4 Å². The average molecular weight is 370 g/mol. The van der Waals surface area contributed by atoms with Crippen LogP contribution >= 0.6 is 0 Å². The lowest BCUT2D eigenvalue weighted by Gasteiger charge is -2.39. The predicted octanol–water partition coefficient (Wildman–Crippen LogP) is 2.83. The summed E-state index contributed by atoms with van der Waals surface area (Å²) in [5.74, 6) is -0.201. The molecule has 1 heterocycles. The lowest BCUT2D eigenvalue weighted by Crippen LogP contribution is -2.50. The molecule has 0 bridgehead atoms. The number of esters is 1. The fourth-order valence-electron chi connectivity index (χ4n) is 3.36. The summed E-state index contributed by atoms with van der Waals surface area (Å²) in [5.41, 5.74) is 0. The molecule has 1 rings (SSSR count). The molecule has 7 heteroatoms. The van der Waals surface area contributed by atoms with E-state index in [2.05, 4.69) is 0 Å². The van der Waals surface area contributed by atoms with Crippen molar-refractivity contribution >= 4 is 18.0 Å². The summed E-state index contributed by atoms with van der Waals surface area (Å²) in [6.45, 7) is 9.79. The van der Waals surface area contributed by atoms with Crippen molar-refractivity contribution in [3.05, 3.63) is 0 Å². The first-order valence-electron chi connectivity index (χ1n) is 9.86. The first kappa shape index (κ1) is 22.3. The Bertz CT molecular complexity index is 457. The smallest absolute Gasteiger partial charge is 0.409 e. The molecule has 2 amide bonds. The van der Waals surface area contributed by atoms with Gasteiger partial charge in [-0.2, -0.15) is 0 Å². The molecule has 0 N–H and O–H groups in total. The highest BCUT2D eigenvalue weighted by Crippen LogP contribution is 2.22. The minimum atomic E-state index is -0.296. The Morgan fingerprint density at radius 1 is 1.00 bits per heavy atom. The molecule has 26 heavy (non-hydrogen) atoms. The zero-order valence-corrected chi connectivity index (χ0v) is 16.7. The van der Waals surface area contributed by atoms with Gasteiger partial charge in [-0.25, -0.2) is 4.79 Å². The number of nitrogens with zero attached hydrogens (tertiary/aromatic N) is 2. The number of carbonyl (C=O) groups excluding carboxylic acids is 3. The quantitative estimate of drug-likeness (QED) is 0.583. The number of rotatable bonds is 9. The summed E-state index contributed by atoms with van der Waals surface area (Å²) < 4.78 is 10.1. The van der Waals surface area contributed by atoms with E-state index in [1.807, 2.05) is 18.7 Å². The summed E-state index contributed by atoms with van der Waals surface area (Å²) in [5, 5.41) is 0. The molecule has 0 aromatic rings. The lowest BCUT2D eigenvalue weighted by atomic mass is 9.97. The Balaban J connectivity index is 2.74. The van der Waals surface area contributed by atoms with Crippen LogP contribution in [0.25, 0.3) is 0 Å². The van der Waals surface area contributed by atoms with Crippen LogP contribution in [0.3, 0.4) is 0 Å². The standard InChI is InChI=1S/C19H34N2O5/c1-5-15(6-2)18(23)21(14-11-17(22)25-7-3)16-9-12-20(13-10-16)19(24)26-8-4/h15-16H,5-14H2,1-4H3. The van der Waals surface area contributed by atoms with Crippen molar-refractivity contribution in [2.45, 2.75) is 65.8 Å². The number of likely N-dealkylation sites (tertiary alicyclic amines) is 1. The fraction of sp³-hybridized carbons (Fsp3) is 0.842. The Labute approximate surface area is 157 Å². The molecule has 0 atom stereocenters. The maximum atomic E-state index is 13.0. The third-order valence-electron chi connectivity index (χ3n) is 4.91. The molecule has 0 aromatic heterocycles. The van der Waals surface area contributed by atoms with Crippen molar-refractivity contribution in [3.8, 4) is 0 Å². The van der Waals surface area contributed by atoms with Gasteiger partial charge >= 0.3 is 12.1 Å². The van der Waals surface area contributed by atoms with Gasteiger partial charge < -0.3 is 19.3 Å². The van der Waals surface area contributed by atoms with Crippen LogP contribution in [0.1, 0.15) is 59.8 Å². The predicted molar refractivity (Wildman–Crippen MR) is 98.7 cm³/mol. The van der Waals surface area contributed by atoms with Crippen molar-refractivity contribution in [2.24, 2.45) is 5.92 Å². The Morgan fingerprint density at radius 2 is 1.58 bits per heavy atom. The molecule has 0 aliphatic carbocycles. The zero-order valence-electron chi connectivity index (χ0n) is 16.7. The summed E-state index contributed by atoms with van der Waals surface area (Å²) in [6, 6.07) is 0.0446. The van der Waals surface area contributed by atoms with Crippen molar-refractivity contribution < 1.29 is 23.9 Å². The Kier molecular flexibility index (Phi) is 10.1. The molecule has 1 fully saturated rings. The van der Waals surface area contributed by atoms with E-state index in [-0.39, 0.29) is 36.4 Å². The van der Waals surface area contributed by atoms with Gasteiger partial charge in [0.15, 0.2) is 0 Å². The first-order valence-corrected chi connectivity index (χ1v) is 9.86. The third kappa shape index (κ3) is 6.50. The molecule has 0 radical (unpaired) electrons. The summed E-state index contributed by atoms with van der Waals surface area (Å²) in [6.07, 6.45) is 2.88. The van der Waals surface area contributed by atoms with E-state index in [1.54, 1.807) is 18.7 Å². The highest BCUT2D eigenvalue weighted by molar-refractivity contribution is 5.80. The van der Waals surface area contributed by atoms with Crippen LogP contribution < -0.4 is 0 Å². The van der Waals surface area contributed by atoms with Gasteiger partial charge in [0, 0.05) is 31.6 Å². The molecule has 1 saturated heterocycles. The average Bonchev–Trinajstić information content (AvgIpc) is 2.64. The van der Waals surface area contributed by atoms with Crippen LogP contribution in [0.15, 0.2) is 0 Å². The number of hydrogen-bond acceptors (Lipinski definition) is 5. The van der Waals surface area contributed by atoms with Gasteiger partial charge in [0.05, 0.1) is 19.6 Å². The lowest BCUT2D eigenvalue weighted by molar-refractivity contribution is -0.145. The Morgan fingerprint density at radius 3 is 2.08 bits per heavy atom. The molecule has 7 nitrogen and oxygen atoms in total. The van der Waals surface area contributed by atoms with E-state index in [1.165, 1.54) is 0 Å². The van der Waals surface area contributed by atoms with E-state index in [0.717, 1.165) is 12.8 Å². The highest BCUT2D eigenvalue weighted by Gasteiger charge is 2.32. The number of amides is 2. The second kappa shape index (κ2) is 11.8. The molecule has 0 aromatic carbocycles. The maximum Gasteiger partial charge on any atom is 0.409 e. The molecule has 1 aliphatic heterocycles. The van der Waals surface area contributed by atoms with Gasteiger partial charge in [0.25, 0.3) is 0 Å². The number of carbonyl (C=O) groups is 3. The highest BCUT2D eigenvalue weighted by atomic mass is 16.6. The van der Waals surface area contributed by atoms with Crippen LogP contribution in [0.2, 0.25) is 0 Å². The van der Waals surface area contributed by atoms with Crippen molar-refractivity contribution in [1.82, 2.24) is 9.80 Å². The molecule has 1 aliphatic rings. The first-order chi connectivity index (χ1) is 12.5. The maximum absolute atomic E-state index is 13.0. The van der Waals surface area contributed by atoms with E-state index in [4.69, 9.17) is 9.47 Å². The number of hydrogen-bond donors (Lipinski definition) is 0. The van der Waals surface area contributed by atoms with Crippen molar-refractivity contribution in [3.63, 3.8) is 0 Å². The van der Waals surface area contributed by atoms with Gasteiger partial charge in [-0.05, 0) is 39.5 Å². The second-order valence-electron chi connectivity index (χ2n) is 6.52. The van der Waals surface area contributed by atoms with Crippen molar-refractivity contribution in [1.29, 1.82) is 0 Å². The van der Waals surface area contributed by atoms with E-state index in [0.29, 0.717) is 45.7 Å². The summed E-state index contributed by atoms with van der Waals surface area (Å²) in [7, 11) is 0. The minimum Gasteiger partial charge on any atom is -0.466 e. The van der Waals surface area contributed by atoms with Crippen LogP contribution in [-0.2, 0) is 19.1 Å². The largest absolute Gasteiger partial charge is 0.466 e. The number of piperidine rings is 1. The summed E-state index contributed by atoms with van der Waals surface area (Å²) in [4.78, 5) is 40.1. The van der Waals surface area contributed by atoms with E-state index < -0.39 is 0 Å². The summed E-state index contributed by atoms with van der Waals surface area (Å²) >= 11 is 0. The van der Waals surface area contributed by atoms with Gasteiger partial charge in [0.2, 0.25) is 5.91 Å². The molecule has 0 spiro atoms. The zero-order chi connectivity index (χ0) is 19.5. The molecule has 150 valence electrons.